The number of rotatable bonds is 12. The van der Waals surface area contributed by atoms with Crippen LogP contribution in [-0.4, -0.2) is 33.7 Å². The molecule has 2 heterocycles. The number of carbonyl (C=O) groups is 4. The van der Waals surface area contributed by atoms with Gasteiger partial charge in [-0.25, -0.2) is 0 Å². The van der Waals surface area contributed by atoms with E-state index in [9.17, 15) is 19.2 Å². The Kier molecular flexibility index (Phi) is 8.19. The lowest BCUT2D eigenvalue weighted by molar-refractivity contribution is -0.137. The first-order valence-corrected chi connectivity index (χ1v) is 13.8. The maximum Gasteiger partial charge on any atom is 0.303 e. The van der Waals surface area contributed by atoms with E-state index < -0.39 is 11.9 Å². The number of carboxylic acid groups (broad SMARTS) is 2. The lowest BCUT2D eigenvalue weighted by Crippen LogP contribution is -2.01. The molecule has 0 aliphatic carbocycles. The fraction of sp³-hybridized carbons (Fsp3) is 0.310. The molecule has 0 unspecified atom stereocenters. The van der Waals surface area contributed by atoms with Crippen LogP contribution < -0.4 is 0 Å². The lowest BCUT2D eigenvalue weighted by atomic mass is 9.97. The predicted molar refractivity (Wildman–Crippen MR) is 148 cm³/mol. The van der Waals surface area contributed by atoms with Crippen LogP contribution in [0.4, 0.5) is 0 Å². The Morgan fingerprint density at radius 2 is 1.03 bits per heavy atom. The number of carbonyl (C=O) groups excluding carboxylic acids is 2. The fourth-order valence-corrected chi connectivity index (χ4v) is 6.66. The van der Waals surface area contributed by atoms with Gasteiger partial charge in [-0.3, -0.25) is 19.2 Å². The Bertz CT molecular complexity index is 1410. The Morgan fingerprint density at radius 1 is 0.622 bits per heavy atom. The Morgan fingerprint density at radius 3 is 1.41 bits per heavy atom. The second-order valence-electron chi connectivity index (χ2n) is 9.34. The zero-order valence-corrected chi connectivity index (χ0v) is 22.4. The molecule has 0 saturated heterocycles. The van der Waals surface area contributed by atoms with Crippen LogP contribution in [0.15, 0.2) is 36.4 Å². The van der Waals surface area contributed by atoms with Crippen molar-refractivity contribution in [3.05, 3.63) is 68.4 Å². The molecule has 8 heteroatoms. The highest BCUT2D eigenvalue weighted by Crippen LogP contribution is 2.32. The number of aliphatic carboxylic acids is 2. The summed E-state index contributed by atoms with van der Waals surface area (Å²) in [7, 11) is 0. The molecule has 2 aromatic heterocycles. The first kappa shape index (κ1) is 26.7. The summed E-state index contributed by atoms with van der Waals surface area (Å²) in [6.45, 7) is 4.15. The van der Waals surface area contributed by atoms with Crippen LogP contribution in [0, 0.1) is 13.8 Å². The van der Waals surface area contributed by atoms with Crippen molar-refractivity contribution < 1.29 is 29.4 Å². The van der Waals surface area contributed by atoms with Gasteiger partial charge in [0.25, 0.3) is 0 Å². The molecule has 0 aliphatic heterocycles. The average Bonchev–Trinajstić information content (AvgIpc) is 3.44. The van der Waals surface area contributed by atoms with Gasteiger partial charge in [-0.05, 0) is 90.4 Å². The molecular weight excluding hydrogens is 508 g/mol. The molecule has 0 atom stereocenters. The van der Waals surface area contributed by atoms with Crippen molar-refractivity contribution >= 4 is 66.4 Å². The van der Waals surface area contributed by atoms with Crippen molar-refractivity contribution in [3.63, 3.8) is 0 Å². The SMILES string of the molecule is Cc1cc2sc(C(=O)CCC(=O)O)cc2cc1CCCc1cc2cc(C(=O)CCC(=O)O)sc2cc1C. The number of benzene rings is 2. The number of aryl methyl sites for hydroxylation is 4. The number of thiophene rings is 2. The Balaban J connectivity index is 1.44. The monoisotopic (exact) mass is 536 g/mol. The van der Waals surface area contributed by atoms with E-state index in [2.05, 4.69) is 38.1 Å². The zero-order chi connectivity index (χ0) is 26.7. The highest BCUT2D eigenvalue weighted by molar-refractivity contribution is 7.21. The molecular formula is C29H28O6S2. The van der Waals surface area contributed by atoms with Gasteiger partial charge in [-0.2, -0.15) is 0 Å². The summed E-state index contributed by atoms with van der Waals surface area (Å²) < 4.78 is 2.07. The van der Waals surface area contributed by atoms with Gasteiger partial charge in [0.2, 0.25) is 0 Å². The van der Waals surface area contributed by atoms with Crippen LogP contribution in [0.3, 0.4) is 0 Å². The van der Waals surface area contributed by atoms with E-state index in [0.717, 1.165) is 39.4 Å². The quantitative estimate of drug-likeness (QED) is 0.189. The van der Waals surface area contributed by atoms with Gasteiger partial charge in [0.1, 0.15) is 0 Å². The molecule has 2 N–H and O–H groups in total. The topological polar surface area (TPSA) is 109 Å². The lowest BCUT2D eigenvalue weighted by Gasteiger charge is -2.09. The van der Waals surface area contributed by atoms with Gasteiger partial charge in [0.15, 0.2) is 11.6 Å². The third-order valence-corrected chi connectivity index (χ3v) is 8.80. The first-order chi connectivity index (χ1) is 17.6. The van der Waals surface area contributed by atoms with Gasteiger partial charge in [-0.15, -0.1) is 22.7 Å². The standard InChI is InChI=1S/C29H28O6S2/c1-16-10-24-20(14-26(36-24)22(30)6-8-28(32)33)12-18(16)4-3-5-19-13-21-15-27(23(31)7-9-29(34)35)37-25(21)11-17(19)2/h10-15H,3-9H2,1-2H3,(H,32,33)(H,34,35). The van der Waals surface area contributed by atoms with Crippen molar-refractivity contribution in [1.82, 2.24) is 0 Å². The first-order valence-electron chi connectivity index (χ1n) is 12.2. The van der Waals surface area contributed by atoms with Crippen LogP contribution in [0.1, 0.15) is 73.7 Å². The number of hydrogen-bond donors (Lipinski definition) is 2. The van der Waals surface area contributed by atoms with Crippen LogP contribution in [0.2, 0.25) is 0 Å². The van der Waals surface area contributed by atoms with E-state index in [-0.39, 0.29) is 37.2 Å². The second kappa shape index (κ2) is 11.4. The number of hydrogen-bond acceptors (Lipinski definition) is 6. The third kappa shape index (κ3) is 6.50. The normalized spacial score (nSPS) is 11.3. The Labute approximate surface area is 222 Å². The molecule has 4 rings (SSSR count). The van der Waals surface area contributed by atoms with E-state index in [4.69, 9.17) is 10.2 Å². The highest BCUT2D eigenvalue weighted by Gasteiger charge is 2.15. The number of fused-ring (bicyclic) bond motifs is 2. The van der Waals surface area contributed by atoms with Gasteiger partial charge in [0, 0.05) is 22.2 Å². The second-order valence-corrected chi connectivity index (χ2v) is 11.5. The predicted octanol–water partition coefficient (Wildman–Crippen LogP) is 7.00. The van der Waals surface area contributed by atoms with E-state index in [0.29, 0.717) is 9.75 Å². The zero-order valence-electron chi connectivity index (χ0n) is 20.8. The van der Waals surface area contributed by atoms with E-state index >= 15 is 0 Å². The van der Waals surface area contributed by atoms with Crippen LogP contribution >= 0.6 is 22.7 Å². The van der Waals surface area contributed by atoms with Gasteiger partial charge >= 0.3 is 11.9 Å². The molecule has 0 aliphatic rings. The summed E-state index contributed by atoms with van der Waals surface area (Å²) >= 11 is 2.83. The molecule has 0 amide bonds. The smallest absolute Gasteiger partial charge is 0.303 e. The molecule has 0 fully saturated rings. The molecule has 0 bridgehead atoms. The molecule has 37 heavy (non-hydrogen) atoms. The summed E-state index contributed by atoms with van der Waals surface area (Å²) in [4.78, 5) is 47.5. The maximum absolute atomic E-state index is 12.3. The molecule has 2 aromatic carbocycles. The van der Waals surface area contributed by atoms with E-state index in [1.165, 1.54) is 44.9 Å². The largest absolute Gasteiger partial charge is 0.481 e. The summed E-state index contributed by atoms with van der Waals surface area (Å²) in [5, 5.41) is 19.7. The van der Waals surface area contributed by atoms with E-state index in [1.54, 1.807) is 0 Å². The van der Waals surface area contributed by atoms with Crippen molar-refractivity contribution in [2.24, 2.45) is 0 Å². The summed E-state index contributed by atoms with van der Waals surface area (Å²) in [6, 6.07) is 12.2. The van der Waals surface area contributed by atoms with Crippen LogP contribution in [0.5, 0.6) is 0 Å². The minimum atomic E-state index is -0.967. The number of ketones is 2. The summed E-state index contributed by atoms with van der Waals surface area (Å²) in [6.07, 6.45) is 2.44. The molecule has 4 aromatic rings. The number of carboxylic acids is 2. The van der Waals surface area contributed by atoms with Gasteiger partial charge in [-0.1, -0.05) is 12.1 Å². The minimum absolute atomic E-state index is 0.0137. The average molecular weight is 537 g/mol. The Hall–Kier alpha value is -3.36. The van der Waals surface area contributed by atoms with Crippen LogP contribution in [-0.2, 0) is 22.4 Å². The number of Topliss-reactive ketones (excluding diaryl/α,β-unsaturated/α-hetero) is 2. The van der Waals surface area contributed by atoms with Crippen molar-refractivity contribution in [2.45, 2.75) is 58.8 Å². The van der Waals surface area contributed by atoms with Gasteiger partial charge in [0.05, 0.1) is 22.6 Å². The molecule has 0 spiro atoms. The molecule has 6 nitrogen and oxygen atoms in total. The van der Waals surface area contributed by atoms with Crippen molar-refractivity contribution in [2.75, 3.05) is 0 Å². The molecule has 192 valence electrons. The van der Waals surface area contributed by atoms with Gasteiger partial charge < -0.3 is 10.2 Å². The minimum Gasteiger partial charge on any atom is -0.481 e. The maximum atomic E-state index is 12.3. The van der Waals surface area contributed by atoms with Crippen molar-refractivity contribution in [3.8, 4) is 0 Å². The summed E-state index contributed by atoms with van der Waals surface area (Å²) in [5.41, 5.74) is 4.81. The molecule has 0 saturated carbocycles. The highest BCUT2D eigenvalue weighted by atomic mass is 32.1. The van der Waals surface area contributed by atoms with Crippen molar-refractivity contribution in [1.29, 1.82) is 0 Å². The summed E-state index contributed by atoms with van der Waals surface area (Å²) in [5.74, 6) is -2.20. The van der Waals surface area contributed by atoms with E-state index in [1.807, 2.05) is 12.1 Å². The van der Waals surface area contributed by atoms with Crippen LogP contribution in [0.25, 0.3) is 20.2 Å². The fourth-order valence-electron chi connectivity index (χ4n) is 4.44. The third-order valence-electron chi connectivity index (χ3n) is 6.52. The molecule has 0 radical (unpaired) electrons.